The summed E-state index contributed by atoms with van der Waals surface area (Å²) in [4.78, 5) is 5.50. The number of nitrogens with zero attached hydrogens (tertiary/aromatic N) is 3. The second-order valence-corrected chi connectivity index (χ2v) is 7.38. The summed E-state index contributed by atoms with van der Waals surface area (Å²) in [7, 11) is 0. The fourth-order valence-corrected chi connectivity index (χ4v) is 3.77. The monoisotopic (exact) mass is 413 g/mol. The molecular weight excluding hydrogens is 394 g/mol. The molecule has 0 fully saturated rings. The van der Waals surface area contributed by atoms with E-state index in [0.29, 0.717) is 12.1 Å². The van der Waals surface area contributed by atoms with Gasteiger partial charge in [-0.1, -0.05) is 71.4 Å². The van der Waals surface area contributed by atoms with Crippen molar-refractivity contribution in [1.82, 2.24) is 4.57 Å². The van der Waals surface area contributed by atoms with Crippen LogP contribution in [0.25, 0.3) is 10.9 Å². The first-order valence-corrected chi connectivity index (χ1v) is 10.0. The Morgan fingerprint density at radius 2 is 1.70 bits per heavy atom. The molecule has 0 unspecified atom stereocenters. The average Bonchev–Trinajstić information content (AvgIpc) is 3.04. The van der Waals surface area contributed by atoms with Crippen molar-refractivity contribution >= 4 is 28.7 Å². The van der Waals surface area contributed by atoms with Crippen LogP contribution in [0.15, 0.2) is 78.0 Å². The van der Waals surface area contributed by atoms with E-state index in [1.54, 1.807) is 12.3 Å². The molecule has 0 radical (unpaired) electrons. The number of hydrogen-bond acceptors (Lipinski definition) is 3. The number of benzene rings is 3. The molecule has 0 spiro atoms. The van der Waals surface area contributed by atoms with Gasteiger partial charge in [0, 0.05) is 39.3 Å². The minimum absolute atomic E-state index is 0.248. The van der Waals surface area contributed by atoms with Gasteiger partial charge in [-0.25, -0.2) is 0 Å². The molecule has 4 rings (SSSR count). The number of fused-ring (bicyclic) bond motifs is 1. The number of hydrogen-bond donors (Lipinski definition) is 0. The van der Waals surface area contributed by atoms with Crippen LogP contribution in [-0.4, -0.2) is 10.8 Å². The van der Waals surface area contributed by atoms with Crippen molar-refractivity contribution in [2.45, 2.75) is 20.1 Å². The zero-order valence-corrected chi connectivity index (χ0v) is 17.3. The quantitative estimate of drug-likeness (QED) is 0.284. The van der Waals surface area contributed by atoms with Gasteiger partial charge in [-0.15, -0.1) is 0 Å². The van der Waals surface area contributed by atoms with Crippen molar-refractivity contribution in [1.29, 1.82) is 5.26 Å². The summed E-state index contributed by atoms with van der Waals surface area (Å²) in [6, 6.07) is 25.6. The van der Waals surface area contributed by atoms with E-state index in [4.69, 9.17) is 16.4 Å². The lowest BCUT2D eigenvalue weighted by Crippen LogP contribution is -2.03. The SMILES string of the molecule is Cc1c(/C=N\OCc2ccccc2C#N)c2ccccc2n1Cc1ccccc1Cl. The van der Waals surface area contributed by atoms with E-state index in [-0.39, 0.29) is 6.61 Å². The van der Waals surface area contributed by atoms with Gasteiger partial charge in [0.25, 0.3) is 0 Å². The number of para-hydroxylation sites is 1. The second-order valence-electron chi connectivity index (χ2n) is 6.97. The molecule has 0 aliphatic rings. The summed E-state index contributed by atoms with van der Waals surface area (Å²) >= 11 is 6.39. The molecule has 0 saturated carbocycles. The smallest absolute Gasteiger partial charge is 0.143 e. The molecule has 5 heteroatoms. The fourth-order valence-electron chi connectivity index (χ4n) is 3.57. The third-order valence-corrected chi connectivity index (χ3v) is 5.55. The predicted molar refractivity (Wildman–Crippen MR) is 121 cm³/mol. The number of halogens is 1. The van der Waals surface area contributed by atoms with Crippen LogP contribution in [0.1, 0.15) is 27.9 Å². The Labute approximate surface area is 180 Å². The fraction of sp³-hybridized carbons (Fsp3) is 0.120. The summed E-state index contributed by atoms with van der Waals surface area (Å²) in [5, 5.41) is 15.2. The molecule has 4 aromatic rings. The Morgan fingerprint density at radius 1 is 1.00 bits per heavy atom. The van der Waals surface area contributed by atoms with Gasteiger partial charge in [-0.3, -0.25) is 0 Å². The highest BCUT2D eigenvalue weighted by Crippen LogP contribution is 2.27. The zero-order valence-electron chi connectivity index (χ0n) is 16.5. The highest BCUT2D eigenvalue weighted by molar-refractivity contribution is 6.31. The number of rotatable bonds is 6. The molecule has 148 valence electrons. The van der Waals surface area contributed by atoms with Crippen LogP contribution < -0.4 is 0 Å². The van der Waals surface area contributed by atoms with Crippen LogP contribution in [0.3, 0.4) is 0 Å². The zero-order chi connectivity index (χ0) is 20.9. The molecule has 0 saturated heterocycles. The van der Waals surface area contributed by atoms with Crippen molar-refractivity contribution in [3.05, 3.63) is 106 Å². The molecule has 0 aliphatic heterocycles. The lowest BCUT2D eigenvalue weighted by atomic mass is 10.1. The van der Waals surface area contributed by atoms with Crippen molar-refractivity contribution in [2.75, 3.05) is 0 Å². The lowest BCUT2D eigenvalue weighted by Gasteiger charge is -2.10. The van der Waals surface area contributed by atoms with Gasteiger partial charge in [0.1, 0.15) is 6.61 Å². The van der Waals surface area contributed by atoms with Crippen LogP contribution in [0.5, 0.6) is 0 Å². The normalized spacial score (nSPS) is 11.1. The van der Waals surface area contributed by atoms with Crippen LogP contribution in [-0.2, 0) is 18.0 Å². The first kappa shape index (κ1) is 19.8. The molecule has 0 amide bonds. The van der Waals surface area contributed by atoms with Crippen LogP contribution in [0.4, 0.5) is 0 Å². The molecule has 3 aromatic carbocycles. The highest BCUT2D eigenvalue weighted by Gasteiger charge is 2.13. The van der Waals surface area contributed by atoms with E-state index in [1.165, 1.54) is 0 Å². The van der Waals surface area contributed by atoms with E-state index in [9.17, 15) is 5.26 Å². The summed E-state index contributed by atoms with van der Waals surface area (Å²) in [6.07, 6.45) is 1.75. The second kappa shape index (κ2) is 8.86. The maximum Gasteiger partial charge on any atom is 0.143 e. The maximum absolute atomic E-state index is 9.19. The lowest BCUT2D eigenvalue weighted by molar-refractivity contribution is 0.132. The first-order valence-electron chi connectivity index (χ1n) is 9.63. The summed E-state index contributed by atoms with van der Waals surface area (Å²) < 4.78 is 2.24. The van der Waals surface area contributed by atoms with Gasteiger partial charge < -0.3 is 9.40 Å². The van der Waals surface area contributed by atoms with Crippen LogP contribution in [0.2, 0.25) is 5.02 Å². The third-order valence-electron chi connectivity index (χ3n) is 5.18. The molecule has 0 atom stereocenters. The third kappa shape index (κ3) is 3.94. The molecule has 0 bridgehead atoms. The van der Waals surface area contributed by atoms with E-state index in [0.717, 1.165) is 38.3 Å². The van der Waals surface area contributed by atoms with E-state index in [1.807, 2.05) is 54.6 Å². The Kier molecular flexibility index (Phi) is 5.83. The topological polar surface area (TPSA) is 50.3 Å². The minimum Gasteiger partial charge on any atom is -0.391 e. The maximum atomic E-state index is 9.19. The molecule has 0 N–H and O–H groups in total. The van der Waals surface area contributed by atoms with Gasteiger partial charge in [-0.05, 0) is 30.7 Å². The van der Waals surface area contributed by atoms with Crippen molar-refractivity contribution in [3.8, 4) is 6.07 Å². The largest absolute Gasteiger partial charge is 0.391 e. The molecule has 4 nitrogen and oxygen atoms in total. The molecule has 1 heterocycles. The Hall–Kier alpha value is -3.55. The van der Waals surface area contributed by atoms with E-state index < -0.39 is 0 Å². The van der Waals surface area contributed by atoms with Crippen molar-refractivity contribution in [2.24, 2.45) is 5.16 Å². The van der Waals surface area contributed by atoms with Gasteiger partial charge >= 0.3 is 0 Å². The average molecular weight is 414 g/mol. The molecule has 30 heavy (non-hydrogen) atoms. The van der Waals surface area contributed by atoms with Crippen LogP contribution in [0, 0.1) is 18.3 Å². The highest BCUT2D eigenvalue weighted by atomic mass is 35.5. The summed E-state index contributed by atoms with van der Waals surface area (Å²) in [5.41, 5.74) is 5.68. The Morgan fingerprint density at radius 3 is 2.50 bits per heavy atom. The Bertz CT molecular complexity index is 1270. The first-order chi connectivity index (χ1) is 14.7. The molecule has 0 aliphatic carbocycles. The number of aromatic nitrogens is 1. The van der Waals surface area contributed by atoms with E-state index in [2.05, 4.69) is 34.8 Å². The summed E-state index contributed by atoms with van der Waals surface area (Å²) in [5.74, 6) is 0. The number of oxime groups is 1. The van der Waals surface area contributed by atoms with Crippen LogP contribution >= 0.6 is 11.6 Å². The van der Waals surface area contributed by atoms with Gasteiger partial charge in [0.15, 0.2) is 0 Å². The van der Waals surface area contributed by atoms with Gasteiger partial charge in [-0.2, -0.15) is 5.26 Å². The number of nitriles is 1. The standard InChI is InChI=1S/C25H20ClN3O/c1-18-23(15-28-30-17-21-10-3-2-8-19(21)14-27)22-11-5-7-13-25(22)29(18)16-20-9-4-6-12-24(20)26/h2-13,15H,16-17H2,1H3/b28-15-. The predicted octanol–water partition coefficient (Wildman–Crippen LogP) is 6.07. The minimum atomic E-state index is 0.248. The molecular formula is C25H20ClN3O. The van der Waals surface area contributed by atoms with Crippen molar-refractivity contribution < 1.29 is 4.84 Å². The van der Waals surface area contributed by atoms with Gasteiger partial charge in [0.2, 0.25) is 0 Å². The van der Waals surface area contributed by atoms with E-state index >= 15 is 0 Å². The molecule has 1 aromatic heterocycles. The summed E-state index contributed by atoms with van der Waals surface area (Å²) in [6.45, 7) is 3.00. The van der Waals surface area contributed by atoms with Crippen molar-refractivity contribution in [3.63, 3.8) is 0 Å². The van der Waals surface area contributed by atoms with Gasteiger partial charge in [0.05, 0.1) is 17.8 Å². The Balaban J connectivity index is 1.62.